The summed E-state index contributed by atoms with van der Waals surface area (Å²) >= 11 is 0. The fourth-order valence-corrected chi connectivity index (χ4v) is 3.92. The van der Waals surface area contributed by atoms with E-state index in [4.69, 9.17) is 0 Å². The second-order valence-corrected chi connectivity index (χ2v) is 8.53. The Morgan fingerprint density at radius 1 is 1.26 bits per heavy atom. The number of aromatic nitrogens is 2. The molecule has 0 radical (unpaired) electrons. The lowest BCUT2D eigenvalue weighted by atomic mass is 9.73. The molecule has 1 aliphatic carbocycles. The predicted octanol–water partition coefficient (Wildman–Crippen LogP) is 4.37. The first-order valence-electron chi connectivity index (χ1n) is 10.2. The molecule has 31 heavy (non-hydrogen) atoms. The van der Waals surface area contributed by atoms with E-state index in [2.05, 4.69) is 26.7 Å². The summed E-state index contributed by atoms with van der Waals surface area (Å²) in [7, 11) is 0. The summed E-state index contributed by atoms with van der Waals surface area (Å²) < 4.78 is 39.4. The van der Waals surface area contributed by atoms with Crippen LogP contribution in [0.15, 0.2) is 30.5 Å². The molecular formula is C22H26F3N5O. The molecule has 1 saturated carbocycles. The van der Waals surface area contributed by atoms with Crippen molar-refractivity contribution in [3.63, 3.8) is 0 Å². The van der Waals surface area contributed by atoms with Crippen molar-refractivity contribution in [3.8, 4) is 6.07 Å². The molecule has 166 valence electrons. The number of alkyl halides is 3. The molecule has 0 saturated heterocycles. The molecule has 0 amide bonds. The second kappa shape index (κ2) is 9.10. The molecule has 0 bridgehead atoms. The van der Waals surface area contributed by atoms with Gasteiger partial charge in [0.05, 0.1) is 17.9 Å². The van der Waals surface area contributed by atoms with Crippen molar-refractivity contribution in [2.45, 2.75) is 57.9 Å². The molecule has 6 nitrogen and oxygen atoms in total. The standard InChI is InChI=1S/C22H26F3N5O/c1-21(2)11-16(7-8-18(21)31)29-19-15(12-26)13-28-20(30-19)27-10-9-14-5-3-4-6-17(14)22(23,24)25/h3-6,13,16,18,31H,7-11H2,1-2H3,(H2,27,28,29,30)/t16-,18+/m1/s1. The molecular weight excluding hydrogens is 407 g/mol. The Balaban J connectivity index is 1.67. The van der Waals surface area contributed by atoms with Crippen LogP contribution in [-0.4, -0.2) is 33.8 Å². The number of nitrogens with one attached hydrogen (secondary N) is 2. The van der Waals surface area contributed by atoms with Gasteiger partial charge in [-0.3, -0.25) is 0 Å². The van der Waals surface area contributed by atoms with Crippen molar-refractivity contribution < 1.29 is 18.3 Å². The highest BCUT2D eigenvalue weighted by molar-refractivity contribution is 5.54. The van der Waals surface area contributed by atoms with Gasteiger partial charge in [0.2, 0.25) is 5.95 Å². The molecule has 1 fully saturated rings. The molecule has 1 aromatic carbocycles. The van der Waals surface area contributed by atoms with Crippen molar-refractivity contribution in [1.29, 1.82) is 5.26 Å². The number of benzene rings is 1. The minimum Gasteiger partial charge on any atom is -0.393 e. The quantitative estimate of drug-likeness (QED) is 0.626. The zero-order valence-corrected chi connectivity index (χ0v) is 17.5. The molecule has 3 rings (SSSR count). The van der Waals surface area contributed by atoms with E-state index in [-0.39, 0.29) is 47.6 Å². The highest BCUT2D eigenvalue weighted by Crippen LogP contribution is 2.37. The number of hydrogen-bond acceptors (Lipinski definition) is 6. The summed E-state index contributed by atoms with van der Waals surface area (Å²) in [6.45, 7) is 4.21. The van der Waals surface area contributed by atoms with Crippen LogP contribution in [0.2, 0.25) is 0 Å². The van der Waals surface area contributed by atoms with E-state index in [1.54, 1.807) is 6.07 Å². The maximum absolute atomic E-state index is 13.1. The molecule has 0 spiro atoms. The summed E-state index contributed by atoms with van der Waals surface area (Å²) in [5, 5.41) is 25.7. The molecule has 1 heterocycles. The Morgan fingerprint density at radius 2 is 2.00 bits per heavy atom. The van der Waals surface area contributed by atoms with Gasteiger partial charge in [-0.05, 0) is 42.7 Å². The van der Waals surface area contributed by atoms with Gasteiger partial charge in [0.1, 0.15) is 17.5 Å². The zero-order valence-electron chi connectivity index (χ0n) is 17.5. The van der Waals surface area contributed by atoms with E-state index >= 15 is 0 Å². The van der Waals surface area contributed by atoms with Crippen LogP contribution in [0.3, 0.4) is 0 Å². The Morgan fingerprint density at radius 3 is 2.68 bits per heavy atom. The molecule has 3 N–H and O–H groups in total. The minimum atomic E-state index is -4.40. The number of hydrogen-bond donors (Lipinski definition) is 3. The third-order valence-corrected chi connectivity index (χ3v) is 5.71. The van der Waals surface area contributed by atoms with Gasteiger partial charge in [0.25, 0.3) is 0 Å². The lowest BCUT2D eigenvalue weighted by Gasteiger charge is -2.40. The summed E-state index contributed by atoms with van der Waals surface area (Å²) in [6.07, 6.45) is -1.11. The van der Waals surface area contributed by atoms with E-state index < -0.39 is 11.7 Å². The number of aliphatic hydroxyl groups is 1. The third kappa shape index (κ3) is 5.64. The molecule has 2 aromatic rings. The topological polar surface area (TPSA) is 93.9 Å². The lowest BCUT2D eigenvalue weighted by molar-refractivity contribution is -0.138. The highest BCUT2D eigenvalue weighted by Gasteiger charge is 2.36. The van der Waals surface area contributed by atoms with E-state index in [1.165, 1.54) is 18.3 Å². The minimum absolute atomic E-state index is 0.0481. The van der Waals surface area contributed by atoms with Crippen LogP contribution >= 0.6 is 0 Å². The SMILES string of the molecule is CC1(C)C[C@H](Nc2nc(NCCc3ccccc3C(F)(F)F)ncc2C#N)CC[C@@H]1O. The lowest BCUT2D eigenvalue weighted by Crippen LogP contribution is -2.41. The average Bonchev–Trinajstić information content (AvgIpc) is 2.70. The number of nitriles is 1. The van der Waals surface area contributed by atoms with Crippen LogP contribution < -0.4 is 10.6 Å². The molecule has 9 heteroatoms. The normalized spacial score (nSPS) is 20.7. The van der Waals surface area contributed by atoms with Gasteiger partial charge >= 0.3 is 6.18 Å². The summed E-state index contributed by atoms with van der Waals surface area (Å²) in [6, 6.07) is 7.57. The summed E-state index contributed by atoms with van der Waals surface area (Å²) in [5.74, 6) is 0.619. The van der Waals surface area contributed by atoms with Crippen molar-refractivity contribution in [2.75, 3.05) is 17.2 Å². The van der Waals surface area contributed by atoms with Crippen LogP contribution in [-0.2, 0) is 12.6 Å². The number of aliphatic hydroxyl groups excluding tert-OH is 1. The van der Waals surface area contributed by atoms with Gasteiger partial charge in [-0.15, -0.1) is 0 Å². The maximum atomic E-state index is 13.1. The van der Waals surface area contributed by atoms with Crippen LogP contribution in [0.5, 0.6) is 0 Å². The van der Waals surface area contributed by atoms with Crippen LogP contribution in [0.1, 0.15) is 49.8 Å². The Kier molecular flexibility index (Phi) is 6.70. The van der Waals surface area contributed by atoms with Gasteiger partial charge in [-0.2, -0.15) is 23.4 Å². The molecule has 0 unspecified atom stereocenters. The predicted molar refractivity (Wildman–Crippen MR) is 111 cm³/mol. The van der Waals surface area contributed by atoms with Crippen molar-refractivity contribution >= 4 is 11.8 Å². The van der Waals surface area contributed by atoms with Gasteiger partial charge in [0, 0.05) is 12.6 Å². The fraction of sp³-hybridized carbons (Fsp3) is 0.500. The Labute approximate surface area is 179 Å². The monoisotopic (exact) mass is 433 g/mol. The first-order chi connectivity index (χ1) is 14.6. The average molecular weight is 433 g/mol. The van der Waals surface area contributed by atoms with E-state index in [0.29, 0.717) is 12.2 Å². The highest BCUT2D eigenvalue weighted by atomic mass is 19.4. The molecule has 1 aromatic heterocycles. The molecule has 1 aliphatic rings. The largest absolute Gasteiger partial charge is 0.416 e. The summed E-state index contributed by atoms with van der Waals surface area (Å²) in [4.78, 5) is 8.47. The van der Waals surface area contributed by atoms with Crippen molar-refractivity contribution in [1.82, 2.24) is 9.97 Å². The van der Waals surface area contributed by atoms with Gasteiger partial charge in [-0.25, -0.2) is 4.98 Å². The van der Waals surface area contributed by atoms with E-state index in [0.717, 1.165) is 18.9 Å². The number of rotatable bonds is 6. The maximum Gasteiger partial charge on any atom is 0.416 e. The molecule has 2 atom stereocenters. The van der Waals surface area contributed by atoms with Gasteiger partial charge in [0.15, 0.2) is 0 Å². The van der Waals surface area contributed by atoms with Crippen LogP contribution in [0, 0.1) is 16.7 Å². The van der Waals surface area contributed by atoms with Gasteiger partial charge in [-0.1, -0.05) is 32.0 Å². The second-order valence-electron chi connectivity index (χ2n) is 8.53. The Bertz CT molecular complexity index is 955. The van der Waals surface area contributed by atoms with Crippen LogP contribution in [0.4, 0.5) is 24.9 Å². The number of anilines is 2. The first kappa shape index (κ1) is 22.8. The fourth-order valence-electron chi connectivity index (χ4n) is 3.92. The van der Waals surface area contributed by atoms with E-state index in [1.807, 2.05) is 13.8 Å². The van der Waals surface area contributed by atoms with Crippen molar-refractivity contribution in [2.24, 2.45) is 5.41 Å². The van der Waals surface area contributed by atoms with Crippen molar-refractivity contribution in [3.05, 3.63) is 47.2 Å². The molecule has 0 aliphatic heterocycles. The van der Waals surface area contributed by atoms with E-state index in [9.17, 15) is 23.5 Å². The first-order valence-corrected chi connectivity index (χ1v) is 10.2. The smallest absolute Gasteiger partial charge is 0.393 e. The summed E-state index contributed by atoms with van der Waals surface area (Å²) in [5.41, 5.74) is -0.417. The van der Waals surface area contributed by atoms with Crippen LogP contribution in [0.25, 0.3) is 0 Å². The number of halogens is 3. The number of nitrogens with zero attached hydrogens (tertiary/aromatic N) is 3. The Hall–Kier alpha value is -2.86. The third-order valence-electron chi connectivity index (χ3n) is 5.71. The zero-order chi connectivity index (χ0) is 22.6. The van der Waals surface area contributed by atoms with Gasteiger partial charge < -0.3 is 15.7 Å².